The van der Waals surface area contributed by atoms with Gasteiger partial charge in [-0.15, -0.1) is 11.3 Å². The van der Waals surface area contributed by atoms with Crippen molar-refractivity contribution in [3.8, 4) is 11.8 Å². The number of nitrogens with zero attached hydrogens (tertiary/aromatic N) is 2. The third kappa shape index (κ3) is 2.85. The molecule has 0 unspecified atom stereocenters. The van der Waals surface area contributed by atoms with Crippen LogP contribution in [0.15, 0.2) is 22.9 Å². The Morgan fingerprint density at radius 2 is 2.50 bits per heavy atom. The maximum atomic E-state index is 8.64. The molecule has 0 aliphatic heterocycles. The van der Waals surface area contributed by atoms with Crippen LogP contribution >= 0.6 is 23.1 Å². The molecule has 0 saturated heterocycles. The molecule has 2 aromatic rings. The number of thiophene rings is 1. The van der Waals surface area contributed by atoms with E-state index in [2.05, 4.69) is 27.0 Å². The largest absolute Gasteiger partial charge is 0.384 e. The van der Waals surface area contributed by atoms with Crippen molar-refractivity contribution in [1.29, 1.82) is 0 Å². The molecule has 0 radical (unpaired) electrons. The Balaban J connectivity index is 2.01. The quantitative estimate of drug-likeness (QED) is 0.641. The van der Waals surface area contributed by atoms with Gasteiger partial charge in [0.2, 0.25) is 0 Å². The van der Waals surface area contributed by atoms with Crippen molar-refractivity contribution >= 4 is 23.1 Å². The fourth-order valence-electron chi connectivity index (χ4n) is 1.10. The second kappa shape index (κ2) is 5.70. The molecule has 4 nitrogen and oxygen atoms in total. The number of aromatic nitrogens is 3. The highest BCUT2D eigenvalue weighted by Gasteiger charge is 2.04. The molecule has 0 atom stereocenters. The first-order valence-corrected chi connectivity index (χ1v) is 6.41. The number of hydrogen-bond acceptors (Lipinski definition) is 5. The minimum atomic E-state index is -0.107. The molecule has 2 aromatic heterocycles. The van der Waals surface area contributed by atoms with Gasteiger partial charge in [0.15, 0.2) is 5.16 Å². The lowest BCUT2D eigenvalue weighted by Gasteiger charge is -1.95. The maximum absolute atomic E-state index is 8.64. The Hall–Kier alpha value is -1.29. The van der Waals surface area contributed by atoms with E-state index in [9.17, 15) is 0 Å². The van der Waals surface area contributed by atoms with Crippen molar-refractivity contribution in [2.45, 2.75) is 10.9 Å². The van der Waals surface area contributed by atoms with Crippen LogP contribution in [-0.4, -0.2) is 26.9 Å². The lowest BCUT2D eigenvalue weighted by atomic mass is 10.3. The first-order valence-electron chi connectivity index (χ1n) is 4.54. The fraction of sp³-hybridized carbons (Fsp3) is 0.200. The first kappa shape index (κ1) is 11.2. The molecular weight excluding hydrogens is 242 g/mol. The fourth-order valence-corrected chi connectivity index (χ4v) is 2.82. The summed E-state index contributed by atoms with van der Waals surface area (Å²) in [7, 11) is 0. The van der Waals surface area contributed by atoms with E-state index < -0.39 is 0 Å². The zero-order chi connectivity index (χ0) is 11.2. The number of aliphatic hydroxyl groups is 1. The number of nitrogens with one attached hydrogen (secondary N) is 1. The van der Waals surface area contributed by atoms with Crippen molar-refractivity contribution in [1.82, 2.24) is 15.2 Å². The number of aromatic amines is 1. The van der Waals surface area contributed by atoms with Crippen LogP contribution in [0.5, 0.6) is 0 Å². The highest BCUT2D eigenvalue weighted by molar-refractivity contribution is 7.98. The summed E-state index contributed by atoms with van der Waals surface area (Å²) in [6, 6.07) is 1.96. The lowest BCUT2D eigenvalue weighted by molar-refractivity contribution is 0.350. The van der Waals surface area contributed by atoms with Crippen LogP contribution in [0.1, 0.15) is 10.4 Å². The standard InChI is InChI=1S/C10H9N3OS2/c14-4-1-2-8-3-5-15-9(8)6-16-10-11-7-12-13-10/h3,5,7,14H,4,6H2,(H,11,12,13). The molecule has 0 bridgehead atoms. The minimum Gasteiger partial charge on any atom is -0.384 e. The number of rotatable bonds is 3. The van der Waals surface area contributed by atoms with Crippen molar-refractivity contribution in [2.24, 2.45) is 0 Å². The molecule has 0 fully saturated rings. The van der Waals surface area contributed by atoms with Gasteiger partial charge < -0.3 is 5.11 Å². The summed E-state index contributed by atoms with van der Waals surface area (Å²) in [5, 5.41) is 18.0. The van der Waals surface area contributed by atoms with E-state index in [1.54, 1.807) is 23.1 Å². The molecule has 0 saturated carbocycles. The average molecular weight is 251 g/mol. The van der Waals surface area contributed by atoms with Crippen molar-refractivity contribution in [3.05, 3.63) is 28.2 Å². The predicted molar refractivity (Wildman–Crippen MR) is 64.2 cm³/mol. The molecule has 2 N–H and O–H groups in total. The van der Waals surface area contributed by atoms with Crippen molar-refractivity contribution in [3.63, 3.8) is 0 Å². The summed E-state index contributed by atoms with van der Waals surface area (Å²) in [6.45, 7) is -0.107. The van der Waals surface area contributed by atoms with Crippen molar-refractivity contribution < 1.29 is 5.11 Å². The van der Waals surface area contributed by atoms with Crippen LogP contribution in [0.3, 0.4) is 0 Å². The van der Waals surface area contributed by atoms with Crippen LogP contribution < -0.4 is 0 Å². The first-order chi connectivity index (χ1) is 7.90. The van der Waals surface area contributed by atoms with E-state index in [1.165, 1.54) is 11.2 Å². The zero-order valence-electron chi connectivity index (χ0n) is 8.30. The summed E-state index contributed by atoms with van der Waals surface area (Å²) in [5.41, 5.74) is 0.978. The van der Waals surface area contributed by atoms with Gasteiger partial charge in [-0.25, -0.2) is 4.98 Å². The van der Waals surface area contributed by atoms with Gasteiger partial charge in [0.05, 0.1) is 0 Å². The Kier molecular flexibility index (Phi) is 3.99. The number of aliphatic hydroxyl groups excluding tert-OH is 1. The minimum absolute atomic E-state index is 0.107. The van der Waals surface area contributed by atoms with Gasteiger partial charge >= 0.3 is 0 Å². The summed E-state index contributed by atoms with van der Waals surface area (Å²) in [5.74, 6) is 6.38. The van der Waals surface area contributed by atoms with E-state index in [0.29, 0.717) is 0 Å². The third-order valence-corrected chi connectivity index (χ3v) is 3.79. The summed E-state index contributed by atoms with van der Waals surface area (Å²) < 4.78 is 0. The molecule has 0 aliphatic rings. The van der Waals surface area contributed by atoms with E-state index in [0.717, 1.165) is 16.5 Å². The topological polar surface area (TPSA) is 61.8 Å². The molecule has 0 amide bonds. The normalized spacial score (nSPS) is 9.81. The van der Waals surface area contributed by atoms with Crippen LogP contribution in [0, 0.1) is 11.8 Å². The van der Waals surface area contributed by atoms with Gasteiger partial charge in [-0.3, -0.25) is 5.10 Å². The predicted octanol–water partition coefficient (Wildman–Crippen LogP) is 1.50. The summed E-state index contributed by atoms with van der Waals surface area (Å²) in [4.78, 5) is 5.22. The van der Waals surface area contributed by atoms with Gasteiger partial charge in [-0.05, 0) is 11.4 Å². The second-order valence-electron chi connectivity index (χ2n) is 2.80. The Morgan fingerprint density at radius 3 is 3.25 bits per heavy atom. The van der Waals surface area contributed by atoms with Gasteiger partial charge in [0, 0.05) is 16.2 Å². The second-order valence-corrected chi connectivity index (χ2v) is 4.76. The van der Waals surface area contributed by atoms with E-state index in [4.69, 9.17) is 5.11 Å². The molecule has 0 spiro atoms. The molecule has 0 aromatic carbocycles. The molecule has 2 heterocycles. The summed E-state index contributed by atoms with van der Waals surface area (Å²) in [6.07, 6.45) is 1.49. The van der Waals surface area contributed by atoms with Crippen LogP contribution in [-0.2, 0) is 5.75 Å². The lowest BCUT2D eigenvalue weighted by Crippen LogP contribution is -1.82. The molecular formula is C10H9N3OS2. The monoisotopic (exact) mass is 251 g/mol. The number of hydrogen-bond donors (Lipinski definition) is 2. The molecule has 6 heteroatoms. The van der Waals surface area contributed by atoms with Gasteiger partial charge in [0.25, 0.3) is 0 Å². The van der Waals surface area contributed by atoms with Gasteiger partial charge in [-0.1, -0.05) is 23.6 Å². The van der Waals surface area contributed by atoms with E-state index in [1.807, 2.05) is 11.4 Å². The van der Waals surface area contributed by atoms with Crippen LogP contribution in [0.4, 0.5) is 0 Å². The molecule has 0 aliphatic carbocycles. The summed E-state index contributed by atoms with van der Waals surface area (Å²) >= 11 is 3.24. The van der Waals surface area contributed by atoms with Gasteiger partial charge in [-0.2, -0.15) is 5.10 Å². The maximum Gasteiger partial charge on any atom is 0.183 e. The molecule has 82 valence electrons. The van der Waals surface area contributed by atoms with E-state index in [-0.39, 0.29) is 6.61 Å². The Morgan fingerprint density at radius 1 is 1.56 bits per heavy atom. The number of H-pyrrole nitrogens is 1. The van der Waals surface area contributed by atoms with E-state index >= 15 is 0 Å². The molecule has 16 heavy (non-hydrogen) atoms. The highest BCUT2D eigenvalue weighted by atomic mass is 32.2. The van der Waals surface area contributed by atoms with Crippen LogP contribution in [0.2, 0.25) is 0 Å². The third-order valence-electron chi connectivity index (χ3n) is 1.78. The Labute approximate surface area is 101 Å². The molecule has 2 rings (SSSR count). The highest BCUT2D eigenvalue weighted by Crippen LogP contribution is 2.24. The average Bonchev–Trinajstić information content (AvgIpc) is 2.94. The zero-order valence-corrected chi connectivity index (χ0v) is 9.94. The van der Waals surface area contributed by atoms with Gasteiger partial charge in [0.1, 0.15) is 12.9 Å². The smallest absolute Gasteiger partial charge is 0.183 e. The SMILES string of the molecule is OCC#Cc1ccsc1CSc1ncn[nH]1. The van der Waals surface area contributed by atoms with Crippen LogP contribution in [0.25, 0.3) is 0 Å². The Bertz CT molecular complexity index is 496. The van der Waals surface area contributed by atoms with Crippen molar-refractivity contribution in [2.75, 3.05) is 6.61 Å². The number of thioether (sulfide) groups is 1.